The van der Waals surface area contributed by atoms with Crippen molar-refractivity contribution >= 4 is 12.2 Å². The van der Waals surface area contributed by atoms with Crippen molar-refractivity contribution in [2.24, 2.45) is 22.2 Å². The van der Waals surface area contributed by atoms with Crippen molar-refractivity contribution in [1.82, 2.24) is 0 Å². The third kappa shape index (κ3) is 47.4. The molecule has 0 fully saturated rings. The molecule has 0 amide bonds. The van der Waals surface area contributed by atoms with Crippen LogP contribution in [0.25, 0.3) is 0 Å². The summed E-state index contributed by atoms with van der Waals surface area (Å²) >= 11 is 0. The number of nitrogens with zero attached hydrogens (tertiary/aromatic N) is 1. The number of aliphatic imine (C=N–C) groups is 1. The van der Waals surface area contributed by atoms with E-state index in [-0.39, 0.29) is 41.7 Å². The van der Waals surface area contributed by atoms with Gasteiger partial charge in [-0.2, -0.15) is 0 Å². The van der Waals surface area contributed by atoms with Crippen LogP contribution in [0.5, 0.6) is 0 Å². The van der Waals surface area contributed by atoms with E-state index < -0.39 is 0 Å². The Morgan fingerprint density at radius 1 is 1.11 bits per heavy atom. The number of guanidine groups is 1. The van der Waals surface area contributed by atoms with E-state index in [2.05, 4.69) is 18.8 Å². The number of rotatable bonds is 6. The topological polar surface area (TPSA) is 107 Å². The number of unbranched alkanes of at least 4 members (excludes halogenated alkanes) is 1. The van der Waals surface area contributed by atoms with E-state index in [1.54, 1.807) is 0 Å². The average molecular weight is 281 g/mol. The van der Waals surface area contributed by atoms with E-state index in [1.165, 1.54) is 12.8 Å². The first-order valence-electron chi connectivity index (χ1n) is 5.34. The molecule has 0 saturated heterocycles. The van der Waals surface area contributed by atoms with E-state index in [9.17, 15) is 4.79 Å². The van der Waals surface area contributed by atoms with Crippen LogP contribution in [0.2, 0.25) is 0 Å². The van der Waals surface area contributed by atoms with Gasteiger partial charge in [0.05, 0.1) is 6.04 Å². The molecule has 0 aliphatic rings. The van der Waals surface area contributed by atoms with Gasteiger partial charge in [-0.05, 0) is 12.8 Å². The molecule has 0 aromatic heterocycles. The lowest BCUT2D eigenvalue weighted by atomic mass is 10.2. The van der Waals surface area contributed by atoms with Crippen molar-refractivity contribution < 1.29 is 4.79 Å². The summed E-state index contributed by atoms with van der Waals surface area (Å²) in [5.41, 5.74) is 15.4. The monoisotopic (exact) mass is 280 g/mol. The minimum atomic E-state index is -0.385. The van der Waals surface area contributed by atoms with Crippen LogP contribution < -0.4 is 17.2 Å². The molecular weight excluding hydrogens is 240 g/mol. The van der Waals surface area contributed by atoms with E-state index in [4.69, 9.17) is 17.2 Å². The molecule has 0 bridgehead atoms. The zero-order valence-electron chi connectivity index (χ0n) is 9.78. The van der Waals surface area contributed by atoms with Crippen LogP contribution in [0.3, 0.4) is 0 Å². The molecule has 0 heterocycles. The first-order valence-corrected chi connectivity index (χ1v) is 5.34. The van der Waals surface area contributed by atoms with Crippen molar-refractivity contribution in [3.05, 3.63) is 0 Å². The predicted octanol–water partition coefficient (Wildman–Crippen LogP) is 2.92. The highest BCUT2D eigenvalue weighted by molar-refractivity contribution is 5.75. The van der Waals surface area contributed by atoms with Crippen molar-refractivity contribution in [1.29, 1.82) is 0 Å². The SMILES string of the molecule is C.C.C.C.CCCC.NC(N)=NCCC[C@@H](N)C=O. The summed E-state index contributed by atoms with van der Waals surface area (Å²) in [7, 11) is 0. The minimum absolute atomic E-state index is 0. The number of aldehydes is 1. The molecule has 0 aromatic carbocycles. The molecule has 0 rings (SSSR count). The molecule has 6 N–H and O–H groups in total. The molecule has 19 heavy (non-hydrogen) atoms. The van der Waals surface area contributed by atoms with Crippen molar-refractivity contribution in [3.8, 4) is 0 Å². The lowest BCUT2D eigenvalue weighted by molar-refractivity contribution is -0.109. The predicted molar refractivity (Wildman–Crippen MR) is 91.5 cm³/mol. The normalized spacial score (nSPS) is 8.58. The average Bonchev–Trinajstić information content (AvgIpc) is 2.24. The lowest BCUT2D eigenvalue weighted by Gasteiger charge is -2.00. The van der Waals surface area contributed by atoms with Gasteiger partial charge in [-0.1, -0.05) is 56.4 Å². The molecular formula is C14H40N4O. The summed E-state index contributed by atoms with van der Waals surface area (Å²) in [6.07, 6.45) is 4.72. The fourth-order valence-corrected chi connectivity index (χ4v) is 0.603. The molecule has 5 heteroatoms. The second-order valence-corrected chi connectivity index (χ2v) is 3.25. The van der Waals surface area contributed by atoms with Gasteiger partial charge in [0.15, 0.2) is 5.96 Å². The van der Waals surface area contributed by atoms with Crippen molar-refractivity contribution in [3.63, 3.8) is 0 Å². The van der Waals surface area contributed by atoms with Crippen LogP contribution in [0.15, 0.2) is 4.99 Å². The third-order valence-corrected chi connectivity index (χ3v) is 1.66. The smallest absolute Gasteiger partial charge is 0.185 e. The van der Waals surface area contributed by atoms with Crippen LogP contribution in [0.4, 0.5) is 0 Å². The first-order chi connectivity index (χ1) is 7.08. The second-order valence-electron chi connectivity index (χ2n) is 3.25. The molecule has 0 aromatic rings. The quantitative estimate of drug-likeness (QED) is 0.301. The van der Waals surface area contributed by atoms with Crippen LogP contribution in [-0.4, -0.2) is 24.8 Å². The molecule has 122 valence electrons. The Kier molecular flexibility index (Phi) is 57.3. The largest absolute Gasteiger partial charge is 0.370 e. The van der Waals surface area contributed by atoms with Gasteiger partial charge in [-0.3, -0.25) is 4.99 Å². The molecule has 0 aliphatic carbocycles. The van der Waals surface area contributed by atoms with Crippen LogP contribution in [0.1, 0.15) is 69.2 Å². The number of nitrogens with two attached hydrogens (primary N) is 3. The number of hydrogen-bond acceptors (Lipinski definition) is 3. The summed E-state index contributed by atoms with van der Waals surface area (Å²) in [5, 5.41) is 0. The molecule has 0 saturated carbocycles. The summed E-state index contributed by atoms with van der Waals surface area (Å²) in [6, 6.07) is -0.385. The van der Waals surface area contributed by atoms with Gasteiger partial charge in [0.25, 0.3) is 0 Å². The number of hydrogen-bond donors (Lipinski definition) is 3. The first kappa shape index (κ1) is 36.1. The molecule has 1 atom stereocenters. The number of carbonyl (C=O) groups excluding carboxylic acids is 1. The van der Waals surface area contributed by atoms with Crippen LogP contribution >= 0.6 is 0 Å². The Bertz CT molecular complexity index is 167. The highest BCUT2D eigenvalue weighted by Crippen LogP contribution is 1.91. The van der Waals surface area contributed by atoms with Gasteiger partial charge in [-0.25, -0.2) is 0 Å². The fourth-order valence-electron chi connectivity index (χ4n) is 0.603. The Labute approximate surface area is 122 Å². The van der Waals surface area contributed by atoms with Crippen molar-refractivity contribution in [2.75, 3.05) is 6.54 Å². The number of carbonyl (C=O) groups is 1. The van der Waals surface area contributed by atoms with Gasteiger partial charge in [-0.15, -0.1) is 0 Å². The van der Waals surface area contributed by atoms with Gasteiger partial charge in [0.1, 0.15) is 6.29 Å². The van der Waals surface area contributed by atoms with Gasteiger partial charge >= 0.3 is 0 Å². The van der Waals surface area contributed by atoms with Gasteiger partial charge in [0, 0.05) is 6.54 Å². The molecule has 0 aliphatic heterocycles. The fraction of sp³-hybridized carbons (Fsp3) is 0.857. The van der Waals surface area contributed by atoms with Gasteiger partial charge < -0.3 is 22.0 Å². The van der Waals surface area contributed by atoms with E-state index in [0.717, 1.165) is 12.7 Å². The second kappa shape index (κ2) is 30.2. The zero-order valence-corrected chi connectivity index (χ0v) is 9.78. The Balaban J connectivity index is -0.0000000471. The summed E-state index contributed by atoms with van der Waals surface area (Å²) < 4.78 is 0. The summed E-state index contributed by atoms with van der Waals surface area (Å²) in [6.45, 7) is 4.89. The van der Waals surface area contributed by atoms with E-state index >= 15 is 0 Å². The summed E-state index contributed by atoms with van der Waals surface area (Å²) in [5.74, 6) is 0.0738. The van der Waals surface area contributed by atoms with E-state index in [0.29, 0.717) is 13.0 Å². The molecule has 0 radical (unpaired) electrons. The van der Waals surface area contributed by atoms with Crippen molar-refractivity contribution in [2.45, 2.75) is 75.3 Å². The van der Waals surface area contributed by atoms with Crippen LogP contribution in [0, 0.1) is 0 Å². The summed E-state index contributed by atoms with van der Waals surface area (Å²) in [4.78, 5) is 13.8. The highest BCUT2D eigenvalue weighted by atomic mass is 16.1. The highest BCUT2D eigenvalue weighted by Gasteiger charge is 1.97. The van der Waals surface area contributed by atoms with Crippen LogP contribution in [-0.2, 0) is 4.79 Å². The van der Waals surface area contributed by atoms with Gasteiger partial charge in [0.2, 0.25) is 0 Å². The Morgan fingerprint density at radius 2 is 1.53 bits per heavy atom. The molecule has 0 spiro atoms. The molecule has 0 unspecified atom stereocenters. The maximum atomic E-state index is 10.0. The standard InChI is InChI=1S/C6H14N4O.C4H10.4CH4/c7-5(4-11)2-1-3-10-6(8)9;1-3-4-2;;;;/h4-5H,1-3,7H2,(H4,8,9,10);3-4H2,1-2H3;4*1H4/t5-;;;;;/m1...../s1. The Morgan fingerprint density at radius 3 is 1.79 bits per heavy atom. The van der Waals surface area contributed by atoms with E-state index in [1.807, 2.05) is 0 Å². The minimum Gasteiger partial charge on any atom is -0.370 e. The Hall–Kier alpha value is -1.10. The molecule has 5 nitrogen and oxygen atoms in total. The lowest BCUT2D eigenvalue weighted by Crippen LogP contribution is -2.24. The maximum Gasteiger partial charge on any atom is 0.185 e. The maximum absolute atomic E-state index is 10.0. The third-order valence-electron chi connectivity index (χ3n) is 1.66. The zero-order chi connectivity index (χ0) is 12.1.